The number of carbonyl (C=O) groups is 2. The van der Waals surface area contributed by atoms with Gasteiger partial charge in [0.05, 0.1) is 18.0 Å². The van der Waals surface area contributed by atoms with Crippen LogP contribution in [-0.2, 0) is 0 Å². The van der Waals surface area contributed by atoms with Gasteiger partial charge in [0.1, 0.15) is 0 Å². The molecule has 1 amide bonds. The van der Waals surface area contributed by atoms with E-state index in [1.807, 2.05) is 0 Å². The van der Waals surface area contributed by atoms with Gasteiger partial charge in [-0.1, -0.05) is 0 Å². The summed E-state index contributed by atoms with van der Waals surface area (Å²) in [6.45, 7) is 0. The molecule has 0 saturated heterocycles. The highest BCUT2D eigenvalue weighted by Crippen LogP contribution is 2.09. The van der Waals surface area contributed by atoms with E-state index in [-0.39, 0.29) is 17.1 Å². The lowest BCUT2D eigenvalue weighted by molar-refractivity contribution is 0.0691. The fourth-order valence-corrected chi connectivity index (χ4v) is 1.19. The van der Waals surface area contributed by atoms with Crippen LogP contribution in [0.4, 0.5) is 5.82 Å². The third-order valence-electron chi connectivity index (χ3n) is 1.98. The summed E-state index contributed by atoms with van der Waals surface area (Å²) >= 11 is 0. The van der Waals surface area contributed by atoms with E-state index in [4.69, 9.17) is 5.11 Å². The van der Waals surface area contributed by atoms with E-state index in [9.17, 15) is 9.59 Å². The number of carbonyl (C=O) groups excluding carboxylic acids is 1. The van der Waals surface area contributed by atoms with Crippen LogP contribution in [0.15, 0.2) is 30.9 Å². The monoisotopic (exact) mass is 245 g/mol. The summed E-state index contributed by atoms with van der Waals surface area (Å²) < 4.78 is 0. The molecule has 2 N–H and O–H groups in total. The highest BCUT2D eigenvalue weighted by atomic mass is 16.4. The van der Waals surface area contributed by atoms with E-state index in [0.29, 0.717) is 0 Å². The Morgan fingerprint density at radius 1 is 1.11 bits per heavy atom. The minimum atomic E-state index is -1.27. The predicted octanol–water partition coefficient (Wildman–Crippen LogP) is 0.217. The smallest absolute Gasteiger partial charge is 0.358 e. The molecule has 2 heterocycles. The van der Waals surface area contributed by atoms with Crippen molar-refractivity contribution in [2.45, 2.75) is 0 Å². The van der Waals surface area contributed by atoms with E-state index in [1.165, 1.54) is 30.9 Å². The number of carboxylic acids is 1. The first-order valence-corrected chi connectivity index (χ1v) is 4.81. The van der Waals surface area contributed by atoms with Crippen LogP contribution in [0.25, 0.3) is 0 Å². The summed E-state index contributed by atoms with van der Waals surface area (Å²) in [4.78, 5) is 30.0. The summed E-state index contributed by atoms with van der Waals surface area (Å²) in [5.74, 6) is -1.93. The molecule has 0 saturated carbocycles. The van der Waals surface area contributed by atoms with Gasteiger partial charge in [0.2, 0.25) is 0 Å². The molecule has 0 spiro atoms. The van der Waals surface area contributed by atoms with Crippen LogP contribution in [0.1, 0.15) is 20.8 Å². The van der Waals surface area contributed by atoms with Crippen LogP contribution in [0, 0.1) is 0 Å². The molecular formula is C10H7N5O3. The number of rotatable bonds is 3. The molecule has 18 heavy (non-hydrogen) atoms. The average Bonchev–Trinajstić information content (AvgIpc) is 2.40. The van der Waals surface area contributed by atoms with Crippen molar-refractivity contribution in [1.82, 2.24) is 20.2 Å². The molecule has 0 bridgehead atoms. The van der Waals surface area contributed by atoms with E-state index in [2.05, 4.69) is 25.5 Å². The van der Waals surface area contributed by atoms with Crippen LogP contribution in [0.5, 0.6) is 0 Å². The maximum atomic E-state index is 11.7. The lowest BCUT2D eigenvalue weighted by atomic mass is 10.3. The van der Waals surface area contributed by atoms with Gasteiger partial charge in [-0.2, -0.15) is 10.2 Å². The lowest BCUT2D eigenvalue weighted by Gasteiger charge is -2.05. The van der Waals surface area contributed by atoms with Crippen LogP contribution in [-0.4, -0.2) is 37.1 Å². The summed E-state index contributed by atoms with van der Waals surface area (Å²) in [6.07, 6.45) is 5.12. The summed E-state index contributed by atoms with van der Waals surface area (Å²) in [5, 5.41) is 18.3. The molecule has 2 aromatic rings. The van der Waals surface area contributed by atoms with Gasteiger partial charge in [-0.25, -0.2) is 14.8 Å². The van der Waals surface area contributed by atoms with Gasteiger partial charge >= 0.3 is 5.97 Å². The quantitative estimate of drug-likeness (QED) is 0.793. The van der Waals surface area contributed by atoms with Crippen molar-refractivity contribution >= 4 is 17.7 Å². The Balaban J connectivity index is 2.25. The zero-order valence-electron chi connectivity index (χ0n) is 8.94. The zero-order chi connectivity index (χ0) is 13.0. The average molecular weight is 245 g/mol. The van der Waals surface area contributed by atoms with Crippen molar-refractivity contribution in [2.75, 3.05) is 5.32 Å². The number of hydrogen-bond donors (Lipinski definition) is 2. The van der Waals surface area contributed by atoms with Gasteiger partial charge < -0.3 is 10.4 Å². The molecule has 8 nitrogen and oxygen atoms in total. The summed E-state index contributed by atoms with van der Waals surface area (Å²) in [7, 11) is 0. The third-order valence-corrected chi connectivity index (χ3v) is 1.98. The maximum absolute atomic E-state index is 11.7. The molecule has 2 rings (SSSR count). The van der Waals surface area contributed by atoms with E-state index < -0.39 is 11.9 Å². The molecule has 0 unspecified atom stereocenters. The van der Waals surface area contributed by atoms with Crippen molar-refractivity contribution in [1.29, 1.82) is 0 Å². The van der Waals surface area contributed by atoms with Crippen LogP contribution >= 0.6 is 0 Å². The summed E-state index contributed by atoms with van der Waals surface area (Å²) in [6, 6.07) is 1.44. The third kappa shape index (κ3) is 2.43. The second kappa shape index (κ2) is 4.95. The van der Waals surface area contributed by atoms with Crippen molar-refractivity contribution in [3.8, 4) is 0 Å². The standard InChI is InChI=1S/C10H7N5O3/c16-9(6-1-2-13-14-5-6)15-8-7(10(17)18)11-3-4-12-8/h1-5H,(H,17,18)(H,12,15,16). The molecule has 0 radical (unpaired) electrons. The highest BCUT2D eigenvalue weighted by molar-refractivity contribution is 6.06. The van der Waals surface area contributed by atoms with Crippen LogP contribution in [0.2, 0.25) is 0 Å². The van der Waals surface area contributed by atoms with E-state index in [1.54, 1.807) is 0 Å². The highest BCUT2D eigenvalue weighted by Gasteiger charge is 2.15. The number of hydrogen-bond acceptors (Lipinski definition) is 6. The van der Waals surface area contributed by atoms with Crippen molar-refractivity contribution in [2.24, 2.45) is 0 Å². The molecule has 0 fully saturated rings. The Morgan fingerprint density at radius 3 is 2.56 bits per heavy atom. The van der Waals surface area contributed by atoms with Crippen molar-refractivity contribution < 1.29 is 14.7 Å². The Hall–Kier alpha value is -2.90. The second-order valence-corrected chi connectivity index (χ2v) is 3.14. The fraction of sp³-hybridized carbons (Fsp3) is 0. The second-order valence-electron chi connectivity index (χ2n) is 3.14. The molecule has 0 atom stereocenters. The van der Waals surface area contributed by atoms with E-state index in [0.717, 1.165) is 0 Å². The Morgan fingerprint density at radius 2 is 1.89 bits per heavy atom. The van der Waals surface area contributed by atoms with Crippen LogP contribution in [0.3, 0.4) is 0 Å². The number of aromatic nitrogens is 4. The number of carboxylic acid groups (broad SMARTS) is 1. The summed E-state index contributed by atoms with van der Waals surface area (Å²) in [5.41, 5.74) is -0.0835. The molecule has 0 aliphatic rings. The molecule has 0 aliphatic heterocycles. The van der Waals surface area contributed by atoms with Gasteiger partial charge in [-0.3, -0.25) is 4.79 Å². The zero-order valence-corrected chi connectivity index (χ0v) is 8.94. The molecular weight excluding hydrogens is 238 g/mol. The maximum Gasteiger partial charge on any atom is 0.358 e. The normalized spacial score (nSPS) is 9.78. The van der Waals surface area contributed by atoms with Crippen molar-refractivity contribution in [3.05, 3.63) is 42.1 Å². The van der Waals surface area contributed by atoms with Gasteiger partial charge in [0, 0.05) is 12.4 Å². The SMILES string of the molecule is O=C(Nc1nccnc1C(=O)O)c1ccnnc1. The van der Waals surface area contributed by atoms with Crippen LogP contribution < -0.4 is 5.32 Å². The number of anilines is 1. The fourth-order valence-electron chi connectivity index (χ4n) is 1.19. The Bertz CT molecular complexity index is 587. The molecule has 8 heteroatoms. The molecule has 2 aromatic heterocycles. The number of nitrogens with one attached hydrogen (secondary N) is 1. The topological polar surface area (TPSA) is 118 Å². The van der Waals surface area contributed by atoms with Gasteiger partial charge in [0.25, 0.3) is 5.91 Å². The number of aromatic carboxylic acids is 1. The predicted molar refractivity (Wildman–Crippen MR) is 59.0 cm³/mol. The minimum Gasteiger partial charge on any atom is -0.476 e. The Labute approximate surface area is 101 Å². The Kier molecular flexibility index (Phi) is 3.19. The first-order chi connectivity index (χ1) is 8.68. The number of nitrogens with zero attached hydrogens (tertiary/aromatic N) is 4. The lowest BCUT2D eigenvalue weighted by Crippen LogP contribution is -2.17. The largest absolute Gasteiger partial charge is 0.476 e. The first kappa shape index (κ1) is 11.6. The van der Waals surface area contributed by atoms with Gasteiger partial charge in [-0.15, -0.1) is 0 Å². The minimum absolute atomic E-state index is 0.119. The molecule has 90 valence electrons. The number of amides is 1. The van der Waals surface area contributed by atoms with Gasteiger partial charge in [0.15, 0.2) is 11.5 Å². The molecule has 0 aromatic carbocycles. The van der Waals surface area contributed by atoms with Crippen molar-refractivity contribution in [3.63, 3.8) is 0 Å². The van der Waals surface area contributed by atoms with E-state index >= 15 is 0 Å². The molecule has 0 aliphatic carbocycles. The van der Waals surface area contributed by atoms with Gasteiger partial charge in [-0.05, 0) is 6.07 Å². The first-order valence-electron chi connectivity index (χ1n) is 4.81.